The first-order valence-corrected chi connectivity index (χ1v) is 6.61. The van der Waals surface area contributed by atoms with Crippen molar-refractivity contribution in [3.63, 3.8) is 0 Å². The van der Waals surface area contributed by atoms with Gasteiger partial charge in [-0.3, -0.25) is 0 Å². The maximum Gasteiger partial charge on any atom is 0.161 e. The third-order valence-corrected chi connectivity index (χ3v) is 3.34. The smallest absolute Gasteiger partial charge is 0.161 e. The van der Waals surface area contributed by atoms with Gasteiger partial charge in [0.15, 0.2) is 11.5 Å². The van der Waals surface area contributed by atoms with Crippen molar-refractivity contribution in [2.75, 3.05) is 26.4 Å². The number of hydrogen-bond acceptors (Lipinski definition) is 4. The highest BCUT2D eigenvalue weighted by atomic mass is 16.5. The second kappa shape index (κ2) is 5.59. The van der Waals surface area contributed by atoms with Crippen LogP contribution in [-0.4, -0.2) is 32.5 Å². The molecule has 2 heterocycles. The van der Waals surface area contributed by atoms with Gasteiger partial charge in [0.05, 0.1) is 19.8 Å². The Morgan fingerprint density at radius 2 is 2.00 bits per heavy atom. The Morgan fingerprint density at radius 1 is 1.11 bits per heavy atom. The van der Waals surface area contributed by atoms with Gasteiger partial charge in [-0.15, -0.1) is 0 Å². The largest absolute Gasteiger partial charge is 0.490 e. The lowest BCUT2D eigenvalue weighted by Crippen LogP contribution is -2.28. The van der Waals surface area contributed by atoms with Crippen LogP contribution in [0.2, 0.25) is 0 Å². The zero-order valence-electron chi connectivity index (χ0n) is 10.5. The van der Waals surface area contributed by atoms with E-state index in [0.29, 0.717) is 6.04 Å². The first-order valence-electron chi connectivity index (χ1n) is 6.61. The summed E-state index contributed by atoms with van der Waals surface area (Å²) in [5.41, 5.74) is 1.23. The molecule has 0 spiro atoms. The highest BCUT2D eigenvalue weighted by Crippen LogP contribution is 2.30. The minimum Gasteiger partial charge on any atom is -0.490 e. The van der Waals surface area contributed by atoms with E-state index in [1.807, 2.05) is 6.07 Å². The van der Waals surface area contributed by atoms with E-state index in [2.05, 4.69) is 17.4 Å². The van der Waals surface area contributed by atoms with Gasteiger partial charge in [-0.25, -0.2) is 0 Å². The molecule has 1 fully saturated rings. The van der Waals surface area contributed by atoms with Crippen LogP contribution < -0.4 is 14.8 Å². The molecule has 4 nitrogen and oxygen atoms in total. The van der Waals surface area contributed by atoms with Gasteiger partial charge in [0, 0.05) is 25.6 Å². The fourth-order valence-corrected chi connectivity index (χ4v) is 2.28. The maximum absolute atomic E-state index is 5.68. The van der Waals surface area contributed by atoms with Crippen molar-refractivity contribution in [2.45, 2.75) is 25.4 Å². The number of hydrogen-bond donors (Lipinski definition) is 1. The second-order valence-electron chi connectivity index (χ2n) is 4.77. The highest BCUT2D eigenvalue weighted by Gasteiger charge is 2.15. The molecule has 4 heteroatoms. The van der Waals surface area contributed by atoms with Crippen LogP contribution in [-0.2, 0) is 11.3 Å². The van der Waals surface area contributed by atoms with Gasteiger partial charge in [0.2, 0.25) is 0 Å². The molecule has 1 saturated heterocycles. The molecule has 0 aromatic heterocycles. The average molecular weight is 249 g/mol. The summed E-state index contributed by atoms with van der Waals surface area (Å²) in [6, 6.07) is 6.66. The van der Waals surface area contributed by atoms with Crippen molar-refractivity contribution in [3.8, 4) is 11.5 Å². The van der Waals surface area contributed by atoms with Gasteiger partial charge in [0.1, 0.15) is 0 Å². The SMILES string of the molecule is c1cc2c(cc1CNC1CCOC1)OCCCO2. The summed E-state index contributed by atoms with van der Waals surface area (Å²) >= 11 is 0. The molecule has 98 valence electrons. The Morgan fingerprint density at radius 3 is 2.83 bits per heavy atom. The topological polar surface area (TPSA) is 39.7 Å². The summed E-state index contributed by atoms with van der Waals surface area (Å²) in [4.78, 5) is 0. The normalized spacial score (nSPS) is 22.8. The van der Waals surface area contributed by atoms with Crippen molar-refractivity contribution in [1.82, 2.24) is 5.32 Å². The van der Waals surface area contributed by atoms with E-state index in [1.54, 1.807) is 0 Å². The van der Waals surface area contributed by atoms with Gasteiger partial charge in [-0.1, -0.05) is 6.07 Å². The number of fused-ring (bicyclic) bond motifs is 1. The Labute approximate surface area is 107 Å². The molecule has 18 heavy (non-hydrogen) atoms. The standard InChI is InChI=1S/C14H19NO3/c1-5-17-13-3-2-11(8-14(13)18-6-1)9-15-12-4-7-16-10-12/h2-3,8,12,15H,1,4-7,9-10H2. The third-order valence-electron chi connectivity index (χ3n) is 3.34. The molecule has 0 radical (unpaired) electrons. The molecule has 0 amide bonds. The van der Waals surface area contributed by atoms with Gasteiger partial charge in [-0.2, -0.15) is 0 Å². The average Bonchev–Trinajstić information content (AvgIpc) is 2.80. The van der Waals surface area contributed by atoms with E-state index >= 15 is 0 Å². The van der Waals surface area contributed by atoms with Crippen LogP contribution in [0.5, 0.6) is 11.5 Å². The van der Waals surface area contributed by atoms with Crippen LogP contribution in [0.3, 0.4) is 0 Å². The predicted molar refractivity (Wildman–Crippen MR) is 68.1 cm³/mol. The van der Waals surface area contributed by atoms with E-state index in [4.69, 9.17) is 14.2 Å². The zero-order chi connectivity index (χ0) is 12.2. The van der Waals surface area contributed by atoms with E-state index < -0.39 is 0 Å². The molecule has 1 aromatic carbocycles. The molecule has 0 aliphatic carbocycles. The first kappa shape index (κ1) is 11.8. The number of rotatable bonds is 3. The molecule has 0 saturated carbocycles. The highest BCUT2D eigenvalue weighted by molar-refractivity contribution is 5.43. The van der Waals surface area contributed by atoms with Gasteiger partial charge in [0.25, 0.3) is 0 Å². The van der Waals surface area contributed by atoms with Crippen molar-refractivity contribution in [1.29, 1.82) is 0 Å². The van der Waals surface area contributed by atoms with Crippen LogP contribution in [0.25, 0.3) is 0 Å². The van der Waals surface area contributed by atoms with Crippen molar-refractivity contribution < 1.29 is 14.2 Å². The quantitative estimate of drug-likeness (QED) is 0.885. The Hall–Kier alpha value is -1.26. The Balaban J connectivity index is 1.63. The first-order chi connectivity index (χ1) is 8.92. The second-order valence-corrected chi connectivity index (χ2v) is 4.77. The molecule has 2 aliphatic rings. The Bertz CT molecular complexity index is 402. The van der Waals surface area contributed by atoms with Crippen LogP contribution >= 0.6 is 0 Å². The molecule has 1 N–H and O–H groups in total. The van der Waals surface area contributed by atoms with Crippen molar-refractivity contribution in [3.05, 3.63) is 23.8 Å². The summed E-state index contributed by atoms with van der Waals surface area (Å²) in [6.45, 7) is 4.03. The fraction of sp³-hybridized carbons (Fsp3) is 0.571. The van der Waals surface area contributed by atoms with E-state index in [1.165, 1.54) is 5.56 Å². The molecule has 3 rings (SSSR count). The summed E-state index contributed by atoms with van der Waals surface area (Å²) in [6.07, 6.45) is 2.05. The molecule has 1 aromatic rings. The molecular formula is C14H19NO3. The van der Waals surface area contributed by atoms with Crippen LogP contribution in [0, 0.1) is 0 Å². The summed E-state index contributed by atoms with van der Waals surface area (Å²) in [7, 11) is 0. The zero-order valence-corrected chi connectivity index (χ0v) is 10.5. The lowest BCUT2D eigenvalue weighted by Gasteiger charge is -2.12. The summed E-state index contributed by atoms with van der Waals surface area (Å²) < 4.78 is 16.6. The van der Waals surface area contributed by atoms with Gasteiger partial charge >= 0.3 is 0 Å². The van der Waals surface area contributed by atoms with Gasteiger partial charge < -0.3 is 19.5 Å². The van der Waals surface area contributed by atoms with Crippen LogP contribution in [0.1, 0.15) is 18.4 Å². The lowest BCUT2D eigenvalue weighted by atomic mass is 10.2. The minimum absolute atomic E-state index is 0.487. The molecule has 0 bridgehead atoms. The fourth-order valence-electron chi connectivity index (χ4n) is 2.28. The van der Waals surface area contributed by atoms with E-state index in [9.17, 15) is 0 Å². The predicted octanol–water partition coefficient (Wildman–Crippen LogP) is 1.73. The van der Waals surface area contributed by atoms with E-state index in [0.717, 1.165) is 57.3 Å². The van der Waals surface area contributed by atoms with Crippen LogP contribution in [0.15, 0.2) is 18.2 Å². The van der Waals surface area contributed by atoms with Crippen molar-refractivity contribution in [2.24, 2.45) is 0 Å². The van der Waals surface area contributed by atoms with Crippen molar-refractivity contribution >= 4 is 0 Å². The number of nitrogens with one attached hydrogen (secondary N) is 1. The molecule has 1 unspecified atom stereocenters. The minimum atomic E-state index is 0.487. The third kappa shape index (κ3) is 2.76. The maximum atomic E-state index is 5.68. The summed E-state index contributed by atoms with van der Waals surface area (Å²) in [5, 5.41) is 3.50. The summed E-state index contributed by atoms with van der Waals surface area (Å²) in [5.74, 6) is 1.73. The molecule has 2 aliphatic heterocycles. The molecular weight excluding hydrogens is 230 g/mol. The Kier molecular flexibility index (Phi) is 3.67. The molecule has 1 atom stereocenters. The van der Waals surface area contributed by atoms with E-state index in [-0.39, 0.29) is 0 Å². The number of benzene rings is 1. The lowest BCUT2D eigenvalue weighted by molar-refractivity contribution is 0.190. The van der Waals surface area contributed by atoms with Gasteiger partial charge in [-0.05, 0) is 24.1 Å². The van der Waals surface area contributed by atoms with Crippen LogP contribution in [0.4, 0.5) is 0 Å². The monoisotopic (exact) mass is 249 g/mol. The number of ether oxygens (including phenoxy) is 3.